The number of ether oxygens (including phenoxy) is 2. The molecule has 0 heterocycles. The van der Waals surface area contributed by atoms with E-state index < -0.39 is 6.10 Å². The summed E-state index contributed by atoms with van der Waals surface area (Å²) in [5.41, 5.74) is 0.929. The van der Waals surface area contributed by atoms with Crippen molar-refractivity contribution in [3.63, 3.8) is 0 Å². The molecule has 0 saturated carbocycles. The quantitative estimate of drug-likeness (QED) is 0.709. The second-order valence-corrected chi connectivity index (χ2v) is 6.03. The van der Waals surface area contributed by atoms with E-state index in [2.05, 4.69) is 37.2 Å². The molecule has 2 unspecified atom stereocenters. The van der Waals surface area contributed by atoms with Gasteiger partial charge in [-0.1, -0.05) is 15.9 Å². The summed E-state index contributed by atoms with van der Waals surface area (Å²) in [5, 5.41) is 13.0. The molecule has 19 heavy (non-hydrogen) atoms. The van der Waals surface area contributed by atoms with Gasteiger partial charge in [-0.25, -0.2) is 0 Å². The highest BCUT2D eigenvalue weighted by Gasteiger charge is 2.09. The van der Waals surface area contributed by atoms with E-state index in [4.69, 9.17) is 9.47 Å². The lowest BCUT2D eigenvalue weighted by atomic mass is 10.3. The van der Waals surface area contributed by atoms with Gasteiger partial charge in [-0.3, -0.25) is 0 Å². The molecule has 1 aromatic carbocycles. The van der Waals surface area contributed by atoms with Crippen molar-refractivity contribution in [3.05, 3.63) is 27.1 Å². The van der Waals surface area contributed by atoms with Gasteiger partial charge in [-0.15, -0.1) is 0 Å². The highest BCUT2D eigenvalue weighted by Crippen LogP contribution is 2.25. The smallest absolute Gasteiger partial charge is 0.0945 e. The molecule has 6 heteroatoms. The molecule has 0 aliphatic carbocycles. The first kappa shape index (κ1) is 16.9. The molecular weight excluding hydrogens is 378 g/mol. The van der Waals surface area contributed by atoms with Crippen LogP contribution in [0.5, 0.6) is 0 Å². The van der Waals surface area contributed by atoms with Crippen LogP contribution >= 0.6 is 31.9 Å². The van der Waals surface area contributed by atoms with Gasteiger partial charge in [-0.05, 0) is 41.1 Å². The number of hydrogen-bond donors (Lipinski definition) is 2. The van der Waals surface area contributed by atoms with Crippen molar-refractivity contribution < 1.29 is 14.6 Å². The largest absolute Gasteiger partial charge is 0.389 e. The minimum absolute atomic E-state index is 0.0164. The van der Waals surface area contributed by atoms with Crippen molar-refractivity contribution in [3.8, 4) is 0 Å². The Morgan fingerprint density at radius 2 is 2.05 bits per heavy atom. The van der Waals surface area contributed by atoms with Crippen LogP contribution in [0.2, 0.25) is 0 Å². The van der Waals surface area contributed by atoms with E-state index in [1.54, 1.807) is 7.11 Å². The minimum atomic E-state index is -0.565. The lowest BCUT2D eigenvalue weighted by Gasteiger charge is -2.17. The fourth-order valence-electron chi connectivity index (χ4n) is 1.48. The van der Waals surface area contributed by atoms with Gasteiger partial charge in [0.1, 0.15) is 0 Å². The molecule has 0 aromatic heterocycles. The lowest BCUT2D eigenvalue weighted by molar-refractivity contribution is -0.0282. The van der Waals surface area contributed by atoms with Gasteiger partial charge in [0.25, 0.3) is 0 Å². The molecule has 2 atom stereocenters. The highest BCUT2D eigenvalue weighted by atomic mass is 79.9. The van der Waals surface area contributed by atoms with Crippen LogP contribution in [0.3, 0.4) is 0 Å². The molecule has 2 N–H and O–H groups in total. The van der Waals surface area contributed by atoms with Crippen LogP contribution in [0.1, 0.15) is 6.92 Å². The van der Waals surface area contributed by atoms with Gasteiger partial charge in [-0.2, -0.15) is 0 Å². The van der Waals surface area contributed by atoms with Crippen LogP contribution in [0.15, 0.2) is 27.1 Å². The topological polar surface area (TPSA) is 50.7 Å². The molecule has 0 radical (unpaired) electrons. The number of rotatable bonds is 8. The number of nitrogens with one attached hydrogen (secondary N) is 1. The molecule has 1 rings (SSSR count). The molecule has 0 fully saturated rings. The van der Waals surface area contributed by atoms with E-state index in [9.17, 15) is 5.11 Å². The zero-order valence-electron chi connectivity index (χ0n) is 11.0. The third kappa shape index (κ3) is 6.72. The minimum Gasteiger partial charge on any atom is -0.389 e. The lowest BCUT2D eigenvalue weighted by Crippen LogP contribution is -2.28. The average molecular weight is 397 g/mol. The molecule has 0 aliphatic rings. The summed E-state index contributed by atoms with van der Waals surface area (Å²) in [4.78, 5) is 0. The first-order chi connectivity index (χ1) is 9.02. The van der Waals surface area contributed by atoms with Gasteiger partial charge < -0.3 is 19.9 Å². The van der Waals surface area contributed by atoms with Gasteiger partial charge in [0.05, 0.1) is 25.4 Å². The third-order valence-electron chi connectivity index (χ3n) is 2.43. The highest BCUT2D eigenvalue weighted by molar-refractivity contribution is 9.11. The zero-order valence-corrected chi connectivity index (χ0v) is 14.2. The standard InChI is InChI=1S/C13H19Br2NO3/c1-9(7-18-2)19-8-11(17)6-16-13-5-10(14)3-4-12(13)15/h3-5,9,11,16-17H,6-8H2,1-2H3. The number of halogens is 2. The van der Waals surface area contributed by atoms with Crippen LogP contribution in [0, 0.1) is 0 Å². The number of aliphatic hydroxyl groups is 1. The second-order valence-electron chi connectivity index (χ2n) is 4.26. The summed E-state index contributed by atoms with van der Waals surface area (Å²) in [6, 6.07) is 5.84. The fourth-order valence-corrected chi connectivity index (χ4v) is 2.23. The average Bonchev–Trinajstić information content (AvgIpc) is 2.38. The Hall–Kier alpha value is -0.140. The molecule has 0 saturated heterocycles. The van der Waals surface area contributed by atoms with E-state index in [0.717, 1.165) is 14.6 Å². The zero-order chi connectivity index (χ0) is 14.3. The van der Waals surface area contributed by atoms with Crippen molar-refractivity contribution in [1.29, 1.82) is 0 Å². The summed E-state index contributed by atoms with van der Waals surface area (Å²) < 4.78 is 12.4. The Bertz CT molecular complexity index is 390. The molecule has 0 aliphatic heterocycles. The summed E-state index contributed by atoms with van der Waals surface area (Å²) >= 11 is 6.86. The molecular formula is C13H19Br2NO3. The Kier molecular flexibility index (Phi) is 7.94. The van der Waals surface area contributed by atoms with Crippen LogP contribution in [-0.2, 0) is 9.47 Å². The third-order valence-corrected chi connectivity index (χ3v) is 3.62. The van der Waals surface area contributed by atoms with Crippen molar-refractivity contribution in [2.45, 2.75) is 19.1 Å². The van der Waals surface area contributed by atoms with Crippen molar-refractivity contribution in [1.82, 2.24) is 0 Å². The molecule has 4 nitrogen and oxygen atoms in total. The Balaban J connectivity index is 2.33. The Morgan fingerprint density at radius 3 is 2.74 bits per heavy atom. The van der Waals surface area contributed by atoms with Crippen molar-refractivity contribution in [2.75, 3.05) is 32.2 Å². The van der Waals surface area contributed by atoms with Crippen LogP contribution in [0.4, 0.5) is 5.69 Å². The van der Waals surface area contributed by atoms with E-state index in [1.165, 1.54) is 0 Å². The number of methoxy groups -OCH3 is 1. The summed E-state index contributed by atoms with van der Waals surface area (Å²) in [5.74, 6) is 0. The van der Waals surface area contributed by atoms with Crippen molar-refractivity contribution in [2.24, 2.45) is 0 Å². The molecule has 108 valence electrons. The maximum Gasteiger partial charge on any atom is 0.0945 e. The van der Waals surface area contributed by atoms with Gasteiger partial charge >= 0.3 is 0 Å². The van der Waals surface area contributed by atoms with E-state index in [-0.39, 0.29) is 12.7 Å². The fraction of sp³-hybridized carbons (Fsp3) is 0.538. The normalized spacial score (nSPS) is 14.2. The predicted octanol–water partition coefficient (Wildman–Crippen LogP) is 3.04. The molecule has 1 aromatic rings. The summed E-state index contributed by atoms with van der Waals surface area (Å²) in [6.45, 7) is 3.14. The van der Waals surface area contributed by atoms with Crippen LogP contribution in [-0.4, -0.2) is 44.2 Å². The molecule has 0 amide bonds. The van der Waals surface area contributed by atoms with E-state index >= 15 is 0 Å². The Labute approximate surface area is 130 Å². The maximum atomic E-state index is 9.83. The number of benzene rings is 1. The van der Waals surface area contributed by atoms with E-state index in [1.807, 2.05) is 25.1 Å². The molecule has 0 bridgehead atoms. The first-order valence-corrected chi connectivity index (χ1v) is 7.59. The number of aliphatic hydroxyl groups excluding tert-OH is 1. The number of hydrogen-bond acceptors (Lipinski definition) is 4. The van der Waals surface area contributed by atoms with E-state index in [0.29, 0.717) is 13.2 Å². The van der Waals surface area contributed by atoms with Crippen LogP contribution in [0.25, 0.3) is 0 Å². The SMILES string of the molecule is COCC(C)OCC(O)CNc1cc(Br)ccc1Br. The summed E-state index contributed by atoms with van der Waals surface area (Å²) in [6.07, 6.45) is -0.581. The maximum absolute atomic E-state index is 9.83. The predicted molar refractivity (Wildman–Crippen MR) is 83.6 cm³/mol. The monoisotopic (exact) mass is 395 g/mol. The Morgan fingerprint density at radius 1 is 1.32 bits per heavy atom. The van der Waals surface area contributed by atoms with Gasteiger partial charge in [0, 0.05) is 28.3 Å². The molecule has 0 spiro atoms. The van der Waals surface area contributed by atoms with Crippen LogP contribution < -0.4 is 5.32 Å². The summed E-state index contributed by atoms with van der Waals surface area (Å²) in [7, 11) is 1.63. The first-order valence-electron chi connectivity index (χ1n) is 6.00. The van der Waals surface area contributed by atoms with Gasteiger partial charge in [0.15, 0.2) is 0 Å². The van der Waals surface area contributed by atoms with Gasteiger partial charge in [0.2, 0.25) is 0 Å². The van der Waals surface area contributed by atoms with Crippen molar-refractivity contribution >= 4 is 37.5 Å². The number of anilines is 1. The second kappa shape index (κ2) is 8.92.